The Hall–Kier alpha value is -2.64. The molecule has 1 aromatic heterocycles. The van der Waals surface area contributed by atoms with Crippen LogP contribution in [0.25, 0.3) is 0 Å². The van der Waals surface area contributed by atoms with E-state index in [9.17, 15) is 18.0 Å². The summed E-state index contributed by atoms with van der Waals surface area (Å²) in [6, 6.07) is 3.45. The minimum atomic E-state index is -1.35. The molecule has 0 aliphatic heterocycles. The van der Waals surface area contributed by atoms with Gasteiger partial charge in [0.15, 0.2) is 23.1 Å². The van der Waals surface area contributed by atoms with Gasteiger partial charge in [-0.05, 0) is 12.1 Å². The van der Waals surface area contributed by atoms with Crippen molar-refractivity contribution in [3.05, 3.63) is 47.4 Å². The minimum Gasteiger partial charge on any atom is -0.476 e. The summed E-state index contributed by atoms with van der Waals surface area (Å²) in [6.45, 7) is 0. The van der Waals surface area contributed by atoms with Crippen molar-refractivity contribution < 1.29 is 23.1 Å². The van der Waals surface area contributed by atoms with Crippen molar-refractivity contribution >= 4 is 17.5 Å². The number of carboxylic acids is 1. The van der Waals surface area contributed by atoms with Crippen LogP contribution < -0.4 is 5.32 Å². The van der Waals surface area contributed by atoms with E-state index in [1.54, 1.807) is 0 Å². The molecule has 0 spiro atoms. The molecule has 0 fully saturated rings. The van der Waals surface area contributed by atoms with Crippen molar-refractivity contribution in [2.24, 2.45) is 0 Å². The lowest BCUT2D eigenvalue weighted by Crippen LogP contribution is -2.05. The van der Waals surface area contributed by atoms with Crippen LogP contribution >= 0.6 is 0 Å². The van der Waals surface area contributed by atoms with Crippen LogP contribution in [0.3, 0.4) is 0 Å². The first-order chi connectivity index (χ1) is 8.97. The standard InChI is InChI=1S/C11H6F3N3O2/c12-5-3-6(13)10(14)8(4-5)15-9-2-1-7(11(18)19)16-17-9/h1-4H,(H,15,17)(H,18,19). The molecule has 1 aromatic carbocycles. The average Bonchev–Trinajstić information content (AvgIpc) is 2.36. The van der Waals surface area contributed by atoms with Crippen LogP contribution in [0, 0.1) is 17.5 Å². The molecule has 1 heterocycles. The Kier molecular flexibility index (Phi) is 3.32. The second-order valence-corrected chi connectivity index (χ2v) is 3.48. The van der Waals surface area contributed by atoms with Crippen molar-refractivity contribution in [3.63, 3.8) is 0 Å². The summed E-state index contributed by atoms with van der Waals surface area (Å²) in [5, 5.41) is 17.7. The number of aromatic carboxylic acids is 1. The van der Waals surface area contributed by atoms with Crippen LogP contribution in [0.2, 0.25) is 0 Å². The smallest absolute Gasteiger partial charge is 0.356 e. The van der Waals surface area contributed by atoms with Gasteiger partial charge in [0.05, 0.1) is 5.69 Å². The quantitative estimate of drug-likeness (QED) is 0.836. The predicted molar refractivity (Wildman–Crippen MR) is 58.6 cm³/mol. The van der Waals surface area contributed by atoms with Gasteiger partial charge in [-0.25, -0.2) is 18.0 Å². The highest BCUT2D eigenvalue weighted by atomic mass is 19.2. The van der Waals surface area contributed by atoms with Crippen LogP contribution in [0.1, 0.15) is 10.5 Å². The van der Waals surface area contributed by atoms with Crippen LogP contribution in [0.4, 0.5) is 24.7 Å². The van der Waals surface area contributed by atoms with Gasteiger partial charge in [0.1, 0.15) is 5.82 Å². The number of nitrogens with zero attached hydrogens (tertiary/aromatic N) is 2. The monoisotopic (exact) mass is 269 g/mol. The first kappa shape index (κ1) is 12.8. The number of aromatic nitrogens is 2. The van der Waals surface area contributed by atoms with E-state index < -0.39 is 29.1 Å². The molecule has 98 valence electrons. The highest BCUT2D eigenvalue weighted by Crippen LogP contribution is 2.22. The zero-order valence-electron chi connectivity index (χ0n) is 9.19. The number of anilines is 2. The lowest BCUT2D eigenvalue weighted by atomic mass is 10.2. The molecule has 0 saturated heterocycles. The molecule has 0 unspecified atom stereocenters. The number of carboxylic acid groups (broad SMARTS) is 1. The number of rotatable bonds is 3. The maximum absolute atomic E-state index is 13.3. The average molecular weight is 269 g/mol. The molecule has 2 N–H and O–H groups in total. The molecule has 0 radical (unpaired) electrons. The molecule has 2 aromatic rings. The van der Waals surface area contributed by atoms with E-state index in [1.165, 1.54) is 6.07 Å². The van der Waals surface area contributed by atoms with E-state index in [2.05, 4.69) is 15.5 Å². The summed E-state index contributed by atoms with van der Waals surface area (Å²) in [7, 11) is 0. The molecule has 0 bridgehead atoms. The van der Waals surface area contributed by atoms with E-state index in [0.29, 0.717) is 6.07 Å². The van der Waals surface area contributed by atoms with Gasteiger partial charge < -0.3 is 10.4 Å². The molecular weight excluding hydrogens is 263 g/mol. The summed E-state index contributed by atoms with van der Waals surface area (Å²) >= 11 is 0. The predicted octanol–water partition coefficient (Wildman–Crippen LogP) is 2.34. The number of hydrogen-bond donors (Lipinski definition) is 2. The number of nitrogens with one attached hydrogen (secondary N) is 1. The highest BCUT2D eigenvalue weighted by molar-refractivity contribution is 5.85. The Balaban J connectivity index is 2.28. The minimum absolute atomic E-state index is 0.0473. The normalized spacial score (nSPS) is 10.3. The van der Waals surface area contributed by atoms with Crippen LogP contribution in [0.5, 0.6) is 0 Å². The topological polar surface area (TPSA) is 75.1 Å². The van der Waals surface area contributed by atoms with Crippen molar-refractivity contribution in [2.75, 3.05) is 5.32 Å². The number of halogens is 3. The Labute approximate surface area is 104 Å². The molecule has 0 aliphatic carbocycles. The van der Waals surface area contributed by atoms with E-state index in [4.69, 9.17) is 5.11 Å². The van der Waals surface area contributed by atoms with Gasteiger partial charge in [-0.3, -0.25) is 0 Å². The molecule has 8 heteroatoms. The highest BCUT2D eigenvalue weighted by Gasteiger charge is 2.12. The summed E-state index contributed by atoms with van der Waals surface area (Å²) in [6.07, 6.45) is 0. The lowest BCUT2D eigenvalue weighted by molar-refractivity contribution is 0.0689. The second-order valence-electron chi connectivity index (χ2n) is 3.48. The Morgan fingerprint density at radius 1 is 1.16 bits per heavy atom. The zero-order valence-corrected chi connectivity index (χ0v) is 9.19. The van der Waals surface area contributed by atoms with E-state index >= 15 is 0 Å². The Morgan fingerprint density at radius 3 is 2.47 bits per heavy atom. The van der Waals surface area contributed by atoms with Gasteiger partial charge >= 0.3 is 5.97 Å². The number of benzene rings is 1. The van der Waals surface area contributed by atoms with Gasteiger partial charge in [-0.15, -0.1) is 10.2 Å². The van der Waals surface area contributed by atoms with E-state index in [-0.39, 0.29) is 11.5 Å². The Bertz CT molecular complexity index is 632. The van der Waals surface area contributed by atoms with E-state index in [1.807, 2.05) is 0 Å². The third-order valence-electron chi connectivity index (χ3n) is 2.14. The Morgan fingerprint density at radius 2 is 1.89 bits per heavy atom. The summed E-state index contributed by atoms with van der Waals surface area (Å²) in [4.78, 5) is 10.5. The van der Waals surface area contributed by atoms with Crippen molar-refractivity contribution in [2.45, 2.75) is 0 Å². The fourth-order valence-corrected chi connectivity index (χ4v) is 1.30. The molecule has 5 nitrogen and oxygen atoms in total. The van der Waals surface area contributed by atoms with Gasteiger partial charge in [0, 0.05) is 12.1 Å². The summed E-state index contributed by atoms with van der Waals surface area (Å²) in [5.74, 6) is -4.91. The van der Waals surface area contributed by atoms with Crippen molar-refractivity contribution in [3.8, 4) is 0 Å². The zero-order chi connectivity index (χ0) is 14.0. The number of carbonyl (C=O) groups is 1. The van der Waals surface area contributed by atoms with Crippen LogP contribution in [-0.4, -0.2) is 21.3 Å². The largest absolute Gasteiger partial charge is 0.476 e. The molecule has 2 rings (SSSR count). The fourth-order valence-electron chi connectivity index (χ4n) is 1.30. The first-order valence-corrected chi connectivity index (χ1v) is 4.96. The van der Waals surface area contributed by atoms with Crippen LogP contribution in [0.15, 0.2) is 24.3 Å². The molecule has 0 atom stereocenters. The third-order valence-corrected chi connectivity index (χ3v) is 2.14. The van der Waals surface area contributed by atoms with Crippen molar-refractivity contribution in [1.29, 1.82) is 0 Å². The van der Waals surface area contributed by atoms with Gasteiger partial charge in [-0.2, -0.15) is 0 Å². The molecular formula is C11H6F3N3O2. The second kappa shape index (κ2) is 4.92. The number of hydrogen-bond acceptors (Lipinski definition) is 4. The molecule has 19 heavy (non-hydrogen) atoms. The molecule has 0 saturated carbocycles. The summed E-state index contributed by atoms with van der Waals surface area (Å²) in [5.41, 5.74) is -0.772. The van der Waals surface area contributed by atoms with Gasteiger partial charge in [0.25, 0.3) is 0 Å². The van der Waals surface area contributed by atoms with Gasteiger partial charge in [0.2, 0.25) is 0 Å². The maximum atomic E-state index is 13.3. The molecule has 0 amide bonds. The third kappa shape index (κ3) is 2.79. The van der Waals surface area contributed by atoms with Crippen LogP contribution in [-0.2, 0) is 0 Å². The lowest BCUT2D eigenvalue weighted by Gasteiger charge is -2.07. The SMILES string of the molecule is O=C(O)c1ccc(Nc2cc(F)cc(F)c2F)nn1. The maximum Gasteiger partial charge on any atom is 0.356 e. The fraction of sp³-hybridized carbons (Fsp3) is 0. The van der Waals surface area contributed by atoms with Gasteiger partial charge in [-0.1, -0.05) is 0 Å². The first-order valence-electron chi connectivity index (χ1n) is 4.96. The molecule has 0 aliphatic rings. The van der Waals surface area contributed by atoms with E-state index in [0.717, 1.165) is 12.1 Å². The van der Waals surface area contributed by atoms with Crippen molar-refractivity contribution in [1.82, 2.24) is 10.2 Å². The summed E-state index contributed by atoms with van der Waals surface area (Å²) < 4.78 is 39.2.